The molecule has 0 saturated carbocycles. The molecule has 3 rings (SSSR count). The number of furan rings is 1. The summed E-state index contributed by atoms with van der Waals surface area (Å²) in [5, 5.41) is 11.7. The number of aryl methyl sites for hydroxylation is 1. The maximum absolute atomic E-state index is 12.3. The average molecular weight is 334 g/mol. The maximum atomic E-state index is 12.3. The Labute approximate surface area is 135 Å². The summed E-state index contributed by atoms with van der Waals surface area (Å²) >= 11 is 6.02. The second-order valence-electron chi connectivity index (χ2n) is 4.85. The highest BCUT2D eigenvalue weighted by atomic mass is 35.5. The monoisotopic (exact) mass is 333 g/mol. The van der Waals surface area contributed by atoms with Crippen LogP contribution in [0.2, 0.25) is 5.15 Å². The van der Waals surface area contributed by atoms with Crippen molar-refractivity contribution < 1.29 is 19.1 Å². The van der Waals surface area contributed by atoms with E-state index >= 15 is 0 Å². The van der Waals surface area contributed by atoms with Crippen LogP contribution in [0.4, 0.5) is 0 Å². The number of amides is 1. The van der Waals surface area contributed by atoms with Crippen LogP contribution in [0.25, 0.3) is 5.65 Å². The van der Waals surface area contributed by atoms with Crippen molar-refractivity contribution in [3.8, 4) is 0 Å². The SMILES string of the molecule is Cc1oc(CNC(=O)c2c(Cl)nc3ccccn23)cc1C(=O)O. The Morgan fingerprint density at radius 3 is 2.91 bits per heavy atom. The van der Waals surface area contributed by atoms with E-state index in [2.05, 4.69) is 10.3 Å². The number of carbonyl (C=O) groups is 2. The molecular weight excluding hydrogens is 322 g/mol. The number of nitrogens with zero attached hydrogens (tertiary/aromatic N) is 2. The van der Waals surface area contributed by atoms with Gasteiger partial charge in [0, 0.05) is 6.20 Å². The van der Waals surface area contributed by atoms with Crippen LogP contribution in [0.1, 0.15) is 32.4 Å². The summed E-state index contributed by atoms with van der Waals surface area (Å²) in [6.45, 7) is 1.60. The minimum atomic E-state index is -1.08. The molecule has 0 unspecified atom stereocenters. The fraction of sp³-hybridized carbons (Fsp3) is 0.133. The van der Waals surface area contributed by atoms with Gasteiger partial charge >= 0.3 is 5.97 Å². The number of aromatic carboxylic acids is 1. The molecule has 0 spiro atoms. The topological polar surface area (TPSA) is 96.8 Å². The molecule has 23 heavy (non-hydrogen) atoms. The van der Waals surface area contributed by atoms with Gasteiger partial charge < -0.3 is 14.8 Å². The number of halogens is 1. The van der Waals surface area contributed by atoms with E-state index < -0.39 is 11.9 Å². The number of rotatable bonds is 4. The van der Waals surface area contributed by atoms with Crippen molar-refractivity contribution in [3.63, 3.8) is 0 Å². The molecule has 0 radical (unpaired) electrons. The van der Waals surface area contributed by atoms with Crippen molar-refractivity contribution >= 4 is 29.1 Å². The molecule has 0 aliphatic rings. The van der Waals surface area contributed by atoms with Gasteiger partial charge in [0.15, 0.2) is 10.8 Å². The Morgan fingerprint density at radius 1 is 1.43 bits per heavy atom. The van der Waals surface area contributed by atoms with Gasteiger partial charge in [-0.05, 0) is 25.1 Å². The predicted molar refractivity (Wildman–Crippen MR) is 81.8 cm³/mol. The van der Waals surface area contributed by atoms with Gasteiger partial charge in [-0.3, -0.25) is 9.20 Å². The van der Waals surface area contributed by atoms with Crippen molar-refractivity contribution in [3.05, 3.63) is 58.4 Å². The maximum Gasteiger partial charge on any atom is 0.339 e. The van der Waals surface area contributed by atoms with E-state index in [0.29, 0.717) is 11.4 Å². The van der Waals surface area contributed by atoms with Crippen molar-refractivity contribution in [2.45, 2.75) is 13.5 Å². The number of hydrogen-bond donors (Lipinski definition) is 2. The molecular formula is C15H12ClN3O4. The van der Waals surface area contributed by atoms with Crippen molar-refractivity contribution in [2.24, 2.45) is 0 Å². The van der Waals surface area contributed by atoms with Gasteiger partial charge in [0.1, 0.15) is 22.7 Å². The molecule has 3 aromatic rings. The molecule has 7 nitrogen and oxygen atoms in total. The van der Waals surface area contributed by atoms with Gasteiger partial charge in [-0.15, -0.1) is 0 Å². The lowest BCUT2D eigenvalue weighted by molar-refractivity contribution is 0.0694. The number of carboxylic acid groups (broad SMARTS) is 1. The molecule has 2 N–H and O–H groups in total. The third kappa shape index (κ3) is 2.78. The van der Waals surface area contributed by atoms with E-state index in [4.69, 9.17) is 21.1 Å². The van der Waals surface area contributed by atoms with Crippen LogP contribution < -0.4 is 5.32 Å². The number of carbonyl (C=O) groups excluding carboxylic acids is 1. The lowest BCUT2D eigenvalue weighted by Gasteiger charge is -2.03. The Hall–Kier alpha value is -2.80. The second kappa shape index (κ2) is 5.77. The first-order valence-corrected chi connectivity index (χ1v) is 7.08. The van der Waals surface area contributed by atoms with Crippen LogP contribution in [0.15, 0.2) is 34.9 Å². The van der Waals surface area contributed by atoms with E-state index in [-0.39, 0.29) is 28.7 Å². The molecule has 3 aromatic heterocycles. The number of aromatic nitrogens is 2. The smallest absolute Gasteiger partial charge is 0.339 e. The summed E-state index contributed by atoms with van der Waals surface area (Å²) in [4.78, 5) is 27.4. The van der Waals surface area contributed by atoms with Gasteiger partial charge in [0.05, 0.1) is 6.54 Å². The second-order valence-corrected chi connectivity index (χ2v) is 5.21. The van der Waals surface area contributed by atoms with Crippen LogP contribution in [0, 0.1) is 6.92 Å². The van der Waals surface area contributed by atoms with Crippen LogP contribution in [0.5, 0.6) is 0 Å². The standard InChI is InChI=1S/C15H12ClN3O4/c1-8-10(15(21)22)6-9(23-8)7-17-14(20)12-13(16)18-11-4-2-3-5-19(11)12/h2-6H,7H2,1H3,(H,17,20)(H,21,22). The van der Waals surface area contributed by atoms with E-state index in [0.717, 1.165) is 0 Å². The van der Waals surface area contributed by atoms with Crippen molar-refractivity contribution in [2.75, 3.05) is 0 Å². The minimum absolute atomic E-state index is 0.0450. The van der Waals surface area contributed by atoms with Crippen molar-refractivity contribution in [1.29, 1.82) is 0 Å². The van der Waals surface area contributed by atoms with E-state index in [1.807, 2.05) is 0 Å². The Morgan fingerprint density at radius 2 is 2.22 bits per heavy atom. The summed E-state index contributed by atoms with van der Waals surface area (Å²) in [6, 6.07) is 6.67. The molecule has 3 heterocycles. The lowest BCUT2D eigenvalue weighted by Crippen LogP contribution is -2.24. The fourth-order valence-corrected chi connectivity index (χ4v) is 2.53. The molecule has 118 valence electrons. The van der Waals surface area contributed by atoms with Crippen LogP contribution in [0.3, 0.4) is 0 Å². The quantitative estimate of drug-likeness (QED) is 0.764. The molecule has 0 atom stereocenters. The first-order chi connectivity index (χ1) is 11.0. The number of pyridine rings is 1. The number of hydrogen-bond acceptors (Lipinski definition) is 4. The Kier molecular flexibility index (Phi) is 3.79. The number of nitrogens with one attached hydrogen (secondary N) is 1. The van der Waals surface area contributed by atoms with Crippen LogP contribution in [-0.2, 0) is 6.54 Å². The normalized spacial score (nSPS) is 10.9. The summed E-state index contributed by atoms with van der Waals surface area (Å²) < 4.78 is 6.89. The van der Waals surface area contributed by atoms with Gasteiger partial charge in [0.2, 0.25) is 0 Å². The molecule has 0 aliphatic heterocycles. The average Bonchev–Trinajstić information content (AvgIpc) is 3.04. The van der Waals surface area contributed by atoms with Crippen LogP contribution in [-0.4, -0.2) is 26.4 Å². The summed E-state index contributed by atoms with van der Waals surface area (Å²) in [7, 11) is 0. The van der Waals surface area contributed by atoms with E-state index in [1.54, 1.807) is 35.7 Å². The van der Waals surface area contributed by atoms with Gasteiger partial charge in [-0.2, -0.15) is 0 Å². The zero-order valence-electron chi connectivity index (χ0n) is 12.0. The molecule has 0 aromatic carbocycles. The summed E-state index contributed by atoms with van der Waals surface area (Å²) in [5.74, 6) is -0.874. The fourth-order valence-electron chi connectivity index (χ4n) is 2.26. The van der Waals surface area contributed by atoms with Gasteiger partial charge in [0.25, 0.3) is 5.91 Å². The summed E-state index contributed by atoms with van der Waals surface area (Å²) in [5.41, 5.74) is 0.843. The predicted octanol–water partition coefficient (Wildman–Crippen LogP) is 2.52. The molecule has 0 saturated heterocycles. The first-order valence-electron chi connectivity index (χ1n) is 6.70. The largest absolute Gasteiger partial charge is 0.478 e. The Bertz CT molecular complexity index is 913. The third-order valence-corrected chi connectivity index (χ3v) is 3.59. The highest BCUT2D eigenvalue weighted by molar-refractivity contribution is 6.32. The summed E-state index contributed by atoms with van der Waals surface area (Å²) in [6.07, 6.45) is 1.68. The minimum Gasteiger partial charge on any atom is -0.478 e. The number of fused-ring (bicyclic) bond motifs is 1. The van der Waals surface area contributed by atoms with Crippen molar-refractivity contribution in [1.82, 2.24) is 14.7 Å². The molecule has 8 heteroatoms. The molecule has 0 fully saturated rings. The third-order valence-electron chi connectivity index (χ3n) is 3.32. The van der Waals surface area contributed by atoms with Gasteiger partial charge in [-0.1, -0.05) is 17.7 Å². The Balaban J connectivity index is 1.80. The molecule has 1 amide bonds. The zero-order chi connectivity index (χ0) is 16.6. The lowest BCUT2D eigenvalue weighted by atomic mass is 10.2. The molecule has 0 aliphatic carbocycles. The van der Waals surface area contributed by atoms with E-state index in [9.17, 15) is 9.59 Å². The van der Waals surface area contributed by atoms with Gasteiger partial charge in [-0.25, -0.2) is 9.78 Å². The zero-order valence-corrected chi connectivity index (χ0v) is 12.8. The highest BCUT2D eigenvalue weighted by Gasteiger charge is 2.19. The number of imidazole rings is 1. The first kappa shape index (κ1) is 15.1. The highest BCUT2D eigenvalue weighted by Crippen LogP contribution is 2.18. The van der Waals surface area contributed by atoms with Crippen LogP contribution >= 0.6 is 11.6 Å². The van der Waals surface area contributed by atoms with E-state index in [1.165, 1.54) is 6.07 Å². The molecule has 0 bridgehead atoms. The number of carboxylic acids is 1.